The number of thiophene rings is 1. The van der Waals surface area contributed by atoms with Crippen molar-refractivity contribution in [3.63, 3.8) is 0 Å². The first kappa shape index (κ1) is 10.4. The Hall–Kier alpha value is -1.74. The molecule has 2 aromatic rings. The van der Waals surface area contributed by atoms with Crippen LogP contribution in [-0.2, 0) is 0 Å². The number of nitrogens with zero attached hydrogens (tertiary/aromatic N) is 1. The largest absolute Gasteiger partial charge is 0.458 e. The molecule has 0 saturated heterocycles. The van der Waals surface area contributed by atoms with Gasteiger partial charge >= 0.3 is 0 Å². The molecule has 0 saturated carbocycles. The van der Waals surface area contributed by atoms with E-state index in [0.29, 0.717) is 0 Å². The molecule has 2 nitrogen and oxygen atoms in total. The van der Waals surface area contributed by atoms with Gasteiger partial charge in [0.1, 0.15) is 11.5 Å². The Labute approximate surface area is 105 Å². The van der Waals surface area contributed by atoms with Crippen LogP contribution in [0.3, 0.4) is 0 Å². The van der Waals surface area contributed by atoms with E-state index in [-0.39, 0.29) is 0 Å². The fraction of sp³-hybridized carbons (Fsp3) is 0.143. The Morgan fingerprint density at radius 1 is 1.24 bits per heavy atom. The molecule has 1 aromatic heterocycles. The van der Waals surface area contributed by atoms with Crippen LogP contribution < -0.4 is 9.64 Å². The zero-order chi connectivity index (χ0) is 11.7. The molecule has 86 valence electrons. The number of para-hydroxylation sites is 2. The number of fused-ring (bicyclic) bond motifs is 1. The fourth-order valence-corrected chi connectivity index (χ4v) is 2.63. The van der Waals surface area contributed by atoms with Crippen molar-refractivity contribution in [2.75, 3.05) is 18.5 Å². The summed E-state index contributed by atoms with van der Waals surface area (Å²) in [4.78, 5) is 3.44. The van der Waals surface area contributed by atoms with Gasteiger partial charge in [-0.25, -0.2) is 0 Å². The Balaban J connectivity index is 1.94. The fourth-order valence-electron chi connectivity index (χ4n) is 1.96. The van der Waals surface area contributed by atoms with Crippen LogP contribution in [0.15, 0.2) is 47.5 Å². The Morgan fingerprint density at radius 2 is 2.12 bits per heavy atom. The highest BCUT2D eigenvalue weighted by atomic mass is 32.1. The predicted molar refractivity (Wildman–Crippen MR) is 72.6 cm³/mol. The molecule has 0 radical (unpaired) electrons. The third-order valence-corrected chi connectivity index (χ3v) is 3.58. The van der Waals surface area contributed by atoms with Gasteiger partial charge in [-0.05, 0) is 29.7 Å². The molecule has 0 unspecified atom stereocenters. The summed E-state index contributed by atoms with van der Waals surface area (Å²) in [5, 5.41) is 2.08. The van der Waals surface area contributed by atoms with Crippen LogP contribution in [0.25, 0.3) is 6.08 Å². The summed E-state index contributed by atoms with van der Waals surface area (Å²) in [6.45, 7) is 0.814. The number of hydrogen-bond acceptors (Lipinski definition) is 3. The van der Waals surface area contributed by atoms with Crippen molar-refractivity contribution in [3.8, 4) is 5.75 Å². The van der Waals surface area contributed by atoms with Gasteiger partial charge in [0.15, 0.2) is 0 Å². The third-order valence-electron chi connectivity index (χ3n) is 2.76. The molecule has 0 bridgehead atoms. The summed E-state index contributed by atoms with van der Waals surface area (Å²) in [5.41, 5.74) is 1.15. The third kappa shape index (κ3) is 2.06. The number of rotatable bonds is 1. The molecule has 3 heteroatoms. The first-order chi connectivity index (χ1) is 8.33. The highest BCUT2D eigenvalue weighted by molar-refractivity contribution is 7.10. The van der Waals surface area contributed by atoms with Crippen molar-refractivity contribution in [1.29, 1.82) is 0 Å². The molecule has 3 rings (SSSR count). The summed E-state index contributed by atoms with van der Waals surface area (Å²) in [6.07, 6.45) is 2.11. The second kappa shape index (κ2) is 4.26. The molecule has 0 N–H and O–H groups in total. The second-order valence-corrected chi connectivity index (χ2v) is 5.03. The van der Waals surface area contributed by atoms with Crippen LogP contribution in [0.2, 0.25) is 0 Å². The number of likely N-dealkylation sites (N-methyl/N-ethyl adjacent to an activating group) is 1. The molecule has 0 atom stereocenters. The highest BCUT2D eigenvalue weighted by Gasteiger charge is 2.17. The van der Waals surface area contributed by atoms with Crippen molar-refractivity contribution >= 4 is 23.1 Å². The van der Waals surface area contributed by atoms with Gasteiger partial charge in [-0.2, -0.15) is 0 Å². The number of benzene rings is 1. The van der Waals surface area contributed by atoms with Crippen LogP contribution in [0.4, 0.5) is 5.69 Å². The van der Waals surface area contributed by atoms with Gasteiger partial charge in [0.05, 0.1) is 12.2 Å². The predicted octanol–water partition coefficient (Wildman–Crippen LogP) is 3.62. The monoisotopic (exact) mass is 243 g/mol. The molecule has 1 aliphatic rings. The lowest BCUT2D eigenvalue weighted by molar-refractivity contribution is 0.405. The minimum Gasteiger partial charge on any atom is -0.458 e. The van der Waals surface area contributed by atoms with Gasteiger partial charge in [0.25, 0.3) is 0 Å². The topological polar surface area (TPSA) is 12.5 Å². The summed E-state index contributed by atoms with van der Waals surface area (Å²) >= 11 is 1.72. The molecular weight excluding hydrogens is 230 g/mol. The summed E-state index contributed by atoms with van der Waals surface area (Å²) in [7, 11) is 2.09. The van der Waals surface area contributed by atoms with Crippen LogP contribution >= 0.6 is 11.3 Å². The molecular formula is C14H13NOS. The number of ether oxygens (including phenoxy) is 1. The lowest BCUT2D eigenvalue weighted by atomic mass is 10.2. The quantitative estimate of drug-likeness (QED) is 0.758. The maximum atomic E-state index is 5.90. The van der Waals surface area contributed by atoms with Gasteiger partial charge < -0.3 is 9.64 Å². The van der Waals surface area contributed by atoms with Crippen LogP contribution in [-0.4, -0.2) is 13.6 Å². The van der Waals surface area contributed by atoms with E-state index in [1.54, 1.807) is 11.3 Å². The van der Waals surface area contributed by atoms with Crippen LogP contribution in [0, 0.1) is 0 Å². The van der Waals surface area contributed by atoms with Crippen molar-refractivity contribution in [3.05, 3.63) is 52.4 Å². The van der Waals surface area contributed by atoms with Crippen molar-refractivity contribution in [1.82, 2.24) is 0 Å². The highest BCUT2D eigenvalue weighted by Crippen LogP contribution is 2.33. The standard InChI is InChI=1S/C14H13NOS/c1-15-10-11(9-12-5-4-8-17-12)16-14-7-3-2-6-13(14)15/h2-9H,10H2,1H3/b11-9+. The van der Waals surface area contributed by atoms with Crippen molar-refractivity contribution in [2.45, 2.75) is 0 Å². The molecule has 0 fully saturated rings. The Kier molecular flexibility index (Phi) is 2.61. The summed E-state index contributed by atoms with van der Waals surface area (Å²) in [5.74, 6) is 1.93. The molecule has 2 heterocycles. The van der Waals surface area contributed by atoms with Gasteiger partial charge in [0.2, 0.25) is 0 Å². The lowest BCUT2D eigenvalue weighted by Gasteiger charge is -2.29. The lowest BCUT2D eigenvalue weighted by Crippen LogP contribution is -2.27. The first-order valence-corrected chi connectivity index (χ1v) is 6.43. The van der Waals surface area contributed by atoms with E-state index < -0.39 is 0 Å². The normalized spacial score (nSPS) is 16.8. The maximum Gasteiger partial charge on any atom is 0.150 e. The van der Waals surface area contributed by atoms with E-state index in [0.717, 1.165) is 23.7 Å². The number of hydrogen-bond donors (Lipinski definition) is 0. The molecule has 0 aliphatic carbocycles. The van der Waals surface area contributed by atoms with E-state index in [9.17, 15) is 0 Å². The minimum atomic E-state index is 0.814. The van der Waals surface area contributed by atoms with Crippen molar-refractivity contribution in [2.24, 2.45) is 0 Å². The Morgan fingerprint density at radius 3 is 2.94 bits per heavy atom. The van der Waals surface area contributed by atoms with Crippen molar-refractivity contribution < 1.29 is 4.74 Å². The Bertz CT molecular complexity index is 545. The van der Waals surface area contributed by atoms with Gasteiger partial charge in [-0.15, -0.1) is 11.3 Å². The molecule has 1 aliphatic heterocycles. The first-order valence-electron chi connectivity index (χ1n) is 5.55. The van der Waals surface area contributed by atoms with Crippen LogP contribution in [0.1, 0.15) is 4.88 Å². The van der Waals surface area contributed by atoms with E-state index in [4.69, 9.17) is 4.74 Å². The maximum absolute atomic E-state index is 5.90. The second-order valence-electron chi connectivity index (χ2n) is 4.05. The molecule has 17 heavy (non-hydrogen) atoms. The van der Waals surface area contributed by atoms with E-state index >= 15 is 0 Å². The smallest absolute Gasteiger partial charge is 0.150 e. The summed E-state index contributed by atoms with van der Waals surface area (Å²) < 4.78 is 5.90. The van der Waals surface area contributed by atoms with Gasteiger partial charge in [0, 0.05) is 11.9 Å². The zero-order valence-electron chi connectivity index (χ0n) is 9.59. The minimum absolute atomic E-state index is 0.814. The summed E-state index contributed by atoms with van der Waals surface area (Å²) in [6, 6.07) is 12.3. The van der Waals surface area contributed by atoms with E-state index in [1.807, 2.05) is 18.2 Å². The van der Waals surface area contributed by atoms with Gasteiger partial charge in [-0.3, -0.25) is 0 Å². The molecule has 0 amide bonds. The average molecular weight is 243 g/mol. The number of anilines is 1. The van der Waals surface area contributed by atoms with E-state index in [1.165, 1.54) is 4.88 Å². The molecule has 1 aromatic carbocycles. The molecule has 0 spiro atoms. The zero-order valence-corrected chi connectivity index (χ0v) is 10.4. The van der Waals surface area contributed by atoms with Gasteiger partial charge in [-0.1, -0.05) is 18.2 Å². The average Bonchev–Trinajstić information content (AvgIpc) is 2.82. The van der Waals surface area contributed by atoms with Crippen LogP contribution in [0.5, 0.6) is 5.75 Å². The SMILES string of the molecule is CN1C/C(=C\c2cccs2)Oc2ccccc21. The van der Waals surface area contributed by atoms with E-state index in [2.05, 4.69) is 41.6 Å².